The first kappa shape index (κ1) is 31.2. The van der Waals surface area contributed by atoms with Crippen LogP contribution in [0.4, 0.5) is 0 Å². The molecule has 5 atom stereocenters. The fourth-order valence-electron chi connectivity index (χ4n) is 4.83. The van der Waals surface area contributed by atoms with Crippen LogP contribution in [0, 0.1) is 0 Å². The number of benzene rings is 2. The highest BCUT2D eigenvalue weighted by molar-refractivity contribution is 5.72. The molecule has 0 saturated carbocycles. The summed E-state index contributed by atoms with van der Waals surface area (Å²) in [6, 6.07) is 12.1. The lowest BCUT2D eigenvalue weighted by molar-refractivity contribution is -0.254. The smallest absolute Gasteiger partial charge is 0.308 e. The summed E-state index contributed by atoms with van der Waals surface area (Å²) < 4.78 is 39.4. The zero-order chi connectivity index (χ0) is 31.3. The number of esters is 5. The van der Waals surface area contributed by atoms with Crippen LogP contribution in [-0.2, 0) is 54.1 Å². The van der Waals surface area contributed by atoms with E-state index in [0.29, 0.717) is 22.6 Å². The number of hydrogen-bond acceptors (Lipinski definition) is 13. The van der Waals surface area contributed by atoms with Crippen molar-refractivity contribution in [2.45, 2.75) is 71.6 Å². The number of fused-ring (bicyclic) bond motifs is 1. The van der Waals surface area contributed by atoms with Gasteiger partial charge in [-0.2, -0.15) is 0 Å². The van der Waals surface area contributed by atoms with Gasteiger partial charge >= 0.3 is 29.8 Å². The van der Waals surface area contributed by atoms with Crippen molar-refractivity contribution in [2.75, 3.05) is 6.61 Å². The van der Waals surface area contributed by atoms with Crippen LogP contribution in [0.25, 0.3) is 11.1 Å². The molecule has 13 nitrogen and oxygen atoms in total. The van der Waals surface area contributed by atoms with Crippen LogP contribution in [0.1, 0.15) is 57.7 Å². The molecule has 0 amide bonds. The first-order valence-corrected chi connectivity index (χ1v) is 13.4. The highest BCUT2D eigenvalue weighted by atomic mass is 16.7. The molecular formula is C30H31NO12. The molecule has 0 aliphatic carbocycles. The number of hydrogen-bond donors (Lipinski definition) is 0. The molecule has 1 aromatic heterocycles. The van der Waals surface area contributed by atoms with Gasteiger partial charge in [0.05, 0.1) is 0 Å². The molecule has 1 saturated heterocycles. The number of oxazole rings is 1. The maximum absolute atomic E-state index is 12.3. The highest BCUT2D eigenvalue weighted by Gasteiger charge is 2.53. The van der Waals surface area contributed by atoms with E-state index >= 15 is 0 Å². The number of carbonyl (C=O) groups is 5. The maximum Gasteiger partial charge on any atom is 0.308 e. The van der Waals surface area contributed by atoms with Crippen LogP contribution >= 0.6 is 0 Å². The second-order valence-corrected chi connectivity index (χ2v) is 9.84. The molecule has 2 heterocycles. The van der Waals surface area contributed by atoms with Crippen LogP contribution in [0.5, 0.6) is 5.75 Å². The summed E-state index contributed by atoms with van der Waals surface area (Å²) in [6.45, 7) is 5.40. The Labute approximate surface area is 246 Å². The van der Waals surface area contributed by atoms with E-state index < -0.39 is 67.0 Å². The average molecular weight is 598 g/mol. The quantitative estimate of drug-likeness (QED) is 0.201. The SMILES string of the molecule is CC(=O)OC[C@H]1O[C@@H](c2cc(Cc3nc4ccccc4o3)ccc2OC(C)=O)[C@H](OC(C)=O)[C@@H](OC(C)=O)[C@@H]1OC(C)=O. The Morgan fingerprint density at radius 3 is 2.05 bits per heavy atom. The molecule has 0 radical (unpaired) electrons. The molecule has 0 unspecified atom stereocenters. The summed E-state index contributed by atoms with van der Waals surface area (Å²) in [7, 11) is 0. The summed E-state index contributed by atoms with van der Waals surface area (Å²) in [6.07, 6.45) is -6.31. The number of nitrogens with zero attached hydrogens (tertiary/aromatic N) is 1. The number of ether oxygens (including phenoxy) is 6. The van der Waals surface area contributed by atoms with Crippen molar-refractivity contribution in [3.63, 3.8) is 0 Å². The Morgan fingerprint density at radius 2 is 1.42 bits per heavy atom. The van der Waals surface area contributed by atoms with Gasteiger partial charge in [0.25, 0.3) is 0 Å². The lowest BCUT2D eigenvalue weighted by Gasteiger charge is -2.44. The minimum atomic E-state index is -1.39. The molecule has 0 bridgehead atoms. The lowest BCUT2D eigenvalue weighted by atomic mass is 9.89. The Morgan fingerprint density at radius 1 is 0.767 bits per heavy atom. The van der Waals surface area contributed by atoms with Crippen LogP contribution < -0.4 is 4.74 Å². The predicted octanol–water partition coefficient (Wildman–Crippen LogP) is 3.14. The second kappa shape index (κ2) is 13.5. The van der Waals surface area contributed by atoms with Gasteiger partial charge in [0.15, 0.2) is 29.8 Å². The van der Waals surface area contributed by atoms with Gasteiger partial charge in [0.2, 0.25) is 0 Å². The monoisotopic (exact) mass is 597 g/mol. The van der Waals surface area contributed by atoms with Crippen LogP contribution in [0.15, 0.2) is 46.9 Å². The summed E-state index contributed by atoms with van der Waals surface area (Å²) in [5.74, 6) is -3.08. The van der Waals surface area contributed by atoms with Crippen LogP contribution in [-0.4, -0.2) is 65.9 Å². The van der Waals surface area contributed by atoms with Crippen molar-refractivity contribution in [1.82, 2.24) is 4.98 Å². The van der Waals surface area contributed by atoms with E-state index in [-0.39, 0.29) is 17.7 Å². The van der Waals surface area contributed by atoms with Crippen molar-refractivity contribution in [3.05, 3.63) is 59.5 Å². The molecule has 43 heavy (non-hydrogen) atoms. The fraction of sp³-hybridized carbons (Fsp3) is 0.400. The number of carbonyl (C=O) groups excluding carboxylic acids is 5. The summed E-state index contributed by atoms with van der Waals surface area (Å²) >= 11 is 0. The van der Waals surface area contributed by atoms with E-state index in [0.717, 1.165) is 20.8 Å². The predicted molar refractivity (Wildman–Crippen MR) is 145 cm³/mol. The maximum atomic E-state index is 12.3. The number of rotatable bonds is 9. The standard InChI is InChI=1S/C30H31NO12/c1-15(32)37-14-25-28(39-17(3)34)30(41-19(5)36)29(40-18(4)35)27(43-25)21-12-20(10-11-23(21)38-16(2)33)13-26-31-22-8-6-7-9-24(22)42-26/h6-12,25,27-30H,13-14H2,1-5H3/t25-,27+,28-,29+,30+/m1/s1. The van der Waals surface area contributed by atoms with Gasteiger partial charge in [-0.1, -0.05) is 18.2 Å². The fourth-order valence-corrected chi connectivity index (χ4v) is 4.83. The van der Waals surface area contributed by atoms with Crippen molar-refractivity contribution in [3.8, 4) is 5.75 Å². The summed E-state index contributed by atoms with van der Waals surface area (Å²) in [4.78, 5) is 64.8. The van der Waals surface area contributed by atoms with Gasteiger partial charge in [0, 0.05) is 46.6 Å². The Hall–Kier alpha value is -4.78. The largest absolute Gasteiger partial charge is 0.463 e. The number of aromatic nitrogens is 1. The normalized spacial score (nSPS) is 21.5. The lowest BCUT2D eigenvalue weighted by Crippen LogP contribution is -2.59. The van der Waals surface area contributed by atoms with Crippen molar-refractivity contribution in [1.29, 1.82) is 0 Å². The van der Waals surface area contributed by atoms with Crippen molar-refractivity contribution in [2.24, 2.45) is 0 Å². The van der Waals surface area contributed by atoms with E-state index in [1.54, 1.807) is 18.2 Å². The molecular weight excluding hydrogens is 566 g/mol. The van der Waals surface area contributed by atoms with E-state index in [1.807, 2.05) is 18.2 Å². The molecule has 3 aromatic rings. The molecule has 0 N–H and O–H groups in total. The zero-order valence-electron chi connectivity index (χ0n) is 24.2. The first-order chi connectivity index (χ1) is 20.4. The molecule has 228 valence electrons. The van der Waals surface area contributed by atoms with Gasteiger partial charge in [0.1, 0.15) is 30.1 Å². The third kappa shape index (κ3) is 7.95. The van der Waals surface area contributed by atoms with Gasteiger partial charge < -0.3 is 32.8 Å². The molecule has 13 heteroatoms. The third-order valence-electron chi connectivity index (χ3n) is 6.32. The van der Waals surface area contributed by atoms with Crippen molar-refractivity contribution >= 4 is 40.9 Å². The van der Waals surface area contributed by atoms with Crippen LogP contribution in [0.2, 0.25) is 0 Å². The highest BCUT2D eigenvalue weighted by Crippen LogP contribution is 2.41. The topological polar surface area (TPSA) is 167 Å². The van der Waals surface area contributed by atoms with E-state index in [2.05, 4.69) is 4.98 Å². The third-order valence-corrected chi connectivity index (χ3v) is 6.32. The van der Waals surface area contributed by atoms with Gasteiger partial charge in [-0.25, -0.2) is 4.98 Å². The molecule has 4 rings (SSSR count). The molecule has 1 fully saturated rings. The molecule has 1 aliphatic rings. The van der Waals surface area contributed by atoms with E-state index in [1.165, 1.54) is 19.9 Å². The molecule has 2 aromatic carbocycles. The Balaban J connectivity index is 1.83. The molecule has 1 aliphatic heterocycles. The zero-order valence-corrected chi connectivity index (χ0v) is 24.2. The summed E-state index contributed by atoms with van der Waals surface area (Å²) in [5.41, 5.74) is 2.18. The minimum Gasteiger partial charge on any atom is -0.463 e. The van der Waals surface area contributed by atoms with E-state index in [4.69, 9.17) is 32.8 Å². The Bertz CT molecular complexity index is 1500. The second-order valence-electron chi connectivity index (χ2n) is 9.84. The van der Waals surface area contributed by atoms with Crippen molar-refractivity contribution < 1.29 is 56.8 Å². The minimum absolute atomic E-state index is 0.0646. The Kier molecular flexibility index (Phi) is 9.76. The average Bonchev–Trinajstić information content (AvgIpc) is 3.32. The van der Waals surface area contributed by atoms with Crippen LogP contribution in [0.3, 0.4) is 0 Å². The first-order valence-electron chi connectivity index (χ1n) is 13.4. The van der Waals surface area contributed by atoms with Gasteiger partial charge in [-0.15, -0.1) is 0 Å². The van der Waals surface area contributed by atoms with E-state index in [9.17, 15) is 24.0 Å². The number of para-hydroxylation sites is 2. The van der Waals surface area contributed by atoms with Gasteiger partial charge in [-0.3, -0.25) is 24.0 Å². The van der Waals surface area contributed by atoms with Gasteiger partial charge in [-0.05, 0) is 29.8 Å². The summed E-state index contributed by atoms with van der Waals surface area (Å²) in [5, 5.41) is 0. The molecule has 0 spiro atoms.